The van der Waals surface area contributed by atoms with E-state index in [1.54, 1.807) is 4.52 Å². The number of fused-ring (bicyclic) bond motifs is 1. The van der Waals surface area contributed by atoms with Crippen LogP contribution < -0.4 is 5.32 Å². The van der Waals surface area contributed by atoms with Gasteiger partial charge in [0.25, 0.3) is 5.78 Å². The molecule has 1 fully saturated rings. The maximum atomic E-state index is 12.7. The van der Waals surface area contributed by atoms with Gasteiger partial charge in [-0.15, -0.1) is 0 Å². The number of nitrogens with zero attached hydrogens (tertiary/aromatic N) is 5. The molecule has 1 aliphatic heterocycles. The third-order valence-corrected chi connectivity index (χ3v) is 5.85. The first-order valence-corrected chi connectivity index (χ1v) is 10.3. The fraction of sp³-hybridized carbons (Fsp3) is 0.429. The minimum Gasteiger partial charge on any atom is -0.353 e. The van der Waals surface area contributed by atoms with Crippen LogP contribution in [0.4, 0.5) is 0 Å². The second kappa shape index (κ2) is 8.47. The first-order chi connectivity index (χ1) is 14.0. The number of likely N-dealkylation sites (tertiary alicyclic amines) is 1. The predicted molar refractivity (Wildman–Crippen MR) is 112 cm³/mol. The summed E-state index contributed by atoms with van der Waals surface area (Å²) in [5.41, 5.74) is 3.92. The van der Waals surface area contributed by atoms with E-state index in [-0.39, 0.29) is 11.9 Å². The van der Waals surface area contributed by atoms with E-state index in [2.05, 4.69) is 37.4 Å². The molecule has 4 rings (SSSR count). The SMILES string of the molecule is Cc1nc2ncnn2c(C)c1CC(=O)NC1CCN(Cc2ccc(Cl)cc2)CC1. The molecule has 0 atom stereocenters. The van der Waals surface area contributed by atoms with Gasteiger partial charge in [0.1, 0.15) is 6.33 Å². The molecule has 8 heteroatoms. The standard InChI is InChI=1S/C21H25ClN6O/c1-14-19(15(2)28-21(25-14)23-13-24-28)11-20(29)26-18-7-9-27(10-8-18)12-16-3-5-17(22)6-4-16/h3-6,13,18H,7-12H2,1-2H3,(H,26,29). The Balaban J connectivity index is 1.30. The molecule has 1 aliphatic rings. The van der Waals surface area contributed by atoms with Crippen LogP contribution in [-0.2, 0) is 17.8 Å². The zero-order chi connectivity index (χ0) is 20.4. The van der Waals surface area contributed by atoms with Gasteiger partial charge in [-0.3, -0.25) is 9.69 Å². The highest BCUT2D eigenvalue weighted by Crippen LogP contribution is 2.17. The number of aromatic nitrogens is 4. The Kier molecular flexibility index (Phi) is 5.78. The summed E-state index contributed by atoms with van der Waals surface area (Å²) in [6, 6.07) is 8.22. The summed E-state index contributed by atoms with van der Waals surface area (Å²) in [6.07, 6.45) is 3.71. The van der Waals surface area contributed by atoms with E-state index in [9.17, 15) is 4.79 Å². The lowest BCUT2D eigenvalue weighted by molar-refractivity contribution is -0.121. The molecule has 0 radical (unpaired) electrons. The maximum Gasteiger partial charge on any atom is 0.252 e. The van der Waals surface area contributed by atoms with E-state index in [1.165, 1.54) is 11.9 Å². The average molecular weight is 413 g/mol. The minimum absolute atomic E-state index is 0.0358. The average Bonchev–Trinajstić information content (AvgIpc) is 3.17. The summed E-state index contributed by atoms with van der Waals surface area (Å²) in [6.45, 7) is 6.73. The Morgan fingerprint density at radius 2 is 1.93 bits per heavy atom. The first kappa shape index (κ1) is 19.8. The van der Waals surface area contributed by atoms with Crippen LogP contribution in [0.5, 0.6) is 0 Å². The van der Waals surface area contributed by atoms with Gasteiger partial charge in [-0.05, 0) is 44.4 Å². The normalized spacial score (nSPS) is 15.7. The molecule has 3 aromatic rings. The van der Waals surface area contributed by atoms with Crippen LogP contribution in [-0.4, -0.2) is 49.5 Å². The molecule has 3 heterocycles. The van der Waals surface area contributed by atoms with Crippen molar-refractivity contribution in [2.45, 2.75) is 45.7 Å². The van der Waals surface area contributed by atoms with Crippen molar-refractivity contribution in [1.29, 1.82) is 0 Å². The molecule has 2 aromatic heterocycles. The zero-order valence-corrected chi connectivity index (χ0v) is 17.5. The van der Waals surface area contributed by atoms with Gasteiger partial charge in [-0.2, -0.15) is 10.1 Å². The smallest absolute Gasteiger partial charge is 0.252 e. The number of piperidine rings is 1. The number of rotatable bonds is 5. The summed E-state index contributed by atoms with van der Waals surface area (Å²) in [7, 11) is 0. The van der Waals surface area contributed by atoms with Crippen molar-refractivity contribution in [2.75, 3.05) is 13.1 Å². The number of halogens is 1. The summed E-state index contributed by atoms with van der Waals surface area (Å²) in [4.78, 5) is 23.6. The molecule has 29 heavy (non-hydrogen) atoms. The Bertz CT molecular complexity index is 1010. The van der Waals surface area contributed by atoms with Crippen molar-refractivity contribution < 1.29 is 4.79 Å². The highest BCUT2D eigenvalue weighted by atomic mass is 35.5. The van der Waals surface area contributed by atoms with Crippen molar-refractivity contribution in [2.24, 2.45) is 0 Å². The van der Waals surface area contributed by atoms with E-state index in [0.717, 1.165) is 54.4 Å². The number of hydrogen-bond donors (Lipinski definition) is 1. The van der Waals surface area contributed by atoms with Crippen molar-refractivity contribution in [3.05, 3.63) is 58.1 Å². The summed E-state index contributed by atoms with van der Waals surface area (Å²) < 4.78 is 1.69. The number of carbonyl (C=O) groups is 1. The summed E-state index contributed by atoms with van der Waals surface area (Å²) in [5.74, 6) is 0.603. The predicted octanol–water partition coefficient (Wildman–Crippen LogP) is 2.72. The van der Waals surface area contributed by atoms with Gasteiger partial charge in [-0.25, -0.2) is 9.50 Å². The molecular weight excluding hydrogens is 388 g/mol. The Labute approximate surface area is 175 Å². The number of nitrogens with one attached hydrogen (secondary N) is 1. The molecule has 152 valence electrons. The number of hydrogen-bond acceptors (Lipinski definition) is 5. The van der Waals surface area contributed by atoms with Gasteiger partial charge >= 0.3 is 0 Å². The fourth-order valence-corrected chi connectivity index (χ4v) is 4.06. The van der Waals surface area contributed by atoms with E-state index >= 15 is 0 Å². The molecule has 0 saturated carbocycles. The van der Waals surface area contributed by atoms with E-state index in [4.69, 9.17) is 11.6 Å². The molecule has 0 aliphatic carbocycles. The summed E-state index contributed by atoms with van der Waals surface area (Å²) in [5, 5.41) is 8.15. The van der Waals surface area contributed by atoms with Gasteiger partial charge in [0.05, 0.1) is 6.42 Å². The molecule has 0 spiro atoms. The van der Waals surface area contributed by atoms with Crippen molar-refractivity contribution >= 4 is 23.3 Å². The van der Waals surface area contributed by atoms with Crippen LogP contribution >= 0.6 is 11.6 Å². The highest BCUT2D eigenvalue weighted by molar-refractivity contribution is 6.30. The third-order valence-electron chi connectivity index (χ3n) is 5.60. The topological polar surface area (TPSA) is 75.4 Å². The molecule has 1 amide bonds. The first-order valence-electron chi connectivity index (χ1n) is 9.91. The van der Waals surface area contributed by atoms with Gasteiger partial charge in [-0.1, -0.05) is 23.7 Å². The molecule has 1 aromatic carbocycles. The fourth-order valence-electron chi connectivity index (χ4n) is 3.93. The Hall–Kier alpha value is -2.51. The van der Waals surface area contributed by atoms with E-state index < -0.39 is 0 Å². The monoisotopic (exact) mass is 412 g/mol. The van der Waals surface area contributed by atoms with Crippen LogP contribution in [0.1, 0.15) is 35.4 Å². The van der Waals surface area contributed by atoms with Crippen LogP contribution in [0.15, 0.2) is 30.6 Å². The largest absolute Gasteiger partial charge is 0.353 e. The van der Waals surface area contributed by atoms with Crippen molar-refractivity contribution in [1.82, 2.24) is 29.8 Å². The van der Waals surface area contributed by atoms with Gasteiger partial charge in [0, 0.05) is 47.7 Å². The van der Waals surface area contributed by atoms with Crippen molar-refractivity contribution in [3.8, 4) is 0 Å². The molecule has 0 bridgehead atoms. The minimum atomic E-state index is 0.0358. The lowest BCUT2D eigenvalue weighted by Crippen LogP contribution is -2.44. The quantitative estimate of drug-likeness (QED) is 0.697. The zero-order valence-electron chi connectivity index (χ0n) is 16.7. The third kappa shape index (κ3) is 4.57. The molecule has 1 N–H and O–H groups in total. The van der Waals surface area contributed by atoms with Crippen LogP contribution in [0.2, 0.25) is 5.02 Å². The Morgan fingerprint density at radius 3 is 2.66 bits per heavy atom. The number of benzene rings is 1. The number of carbonyl (C=O) groups excluding carboxylic acids is 1. The van der Waals surface area contributed by atoms with Crippen LogP contribution in [0.3, 0.4) is 0 Å². The summed E-state index contributed by atoms with van der Waals surface area (Å²) >= 11 is 5.96. The van der Waals surface area contributed by atoms with Gasteiger partial charge < -0.3 is 5.32 Å². The van der Waals surface area contributed by atoms with Gasteiger partial charge in [0.2, 0.25) is 5.91 Å². The second-order valence-electron chi connectivity index (χ2n) is 7.65. The van der Waals surface area contributed by atoms with Crippen molar-refractivity contribution in [3.63, 3.8) is 0 Å². The molecular formula is C21H25ClN6O. The number of aryl methyl sites for hydroxylation is 2. The lowest BCUT2D eigenvalue weighted by atomic mass is 10.0. The maximum absolute atomic E-state index is 12.7. The molecule has 0 unspecified atom stereocenters. The van der Waals surface area contributed by atoms with Crippen LogP contribution in [0.25, 0.3) is 5.78 Å². The number of amides is 1. The van der Waals surface area contributed by atoms with Gasteiger partial charge in [0.15, 0.2) is 0 Å². The molecule has 7 nitrogen and oxygen atoms in total. The van der Waals surface area contributed by atoms with Crippen LogP contribution in [0, 0.1) is 13.8 Å². The Morgan fingerprint density at radius 1 is 1.21 bits per heavy atom. The van der Waals surface area contributed by atoms with E-state index in [0.29, 0.717) is 12.2 Å². The second-order valence-corrected chi connectivity index (χ2v) is 8.09. The highest BCUT2D eigenvalue weighted by Gasteiger charge is 2.22. The lowest BCUT2D eigenvalue weighted by Gasteiger charge is -2.32. The molecule has 1 saturated heterocycles. The van der Waals surface area contributed by atoms with E-state index in [1.807, 2.05) is 26.0 Å².